The summed E-state index contributed by atoms with van der Waals surface area (Å²) in [6.07, 6.45) is 0.545. The predicted molar refractivity (Wildman–Crippen MR) is 126 cm³/mol. The first-order valence-electron chi connectivity index (χ1n) is 10.7. The third kappa shape index (κ3) is 4.48. The summed E-state index contributed by atoms with van der Waals surface area (Å²) in [7, 11) is 1.59. The van der Waals surface area contributed by atoms with Crippen LogP contribution in [0.3, 0.4) is 0 Å². The highest BCUT2D eigenvalue weighted by Gasteiger charge is 2.29. The lowest BCUT2D eigenvalue weighted by atomic mass is 9.86. The molecular formula is C26H26N2O5. The minimum Gasteiger partial charge on any atom is -0.507 e. The number of fused-ring (bicyclic) bond motifs is 1. The first-order chi connectivity index (χ1) is 15.9. The molecule has 1 atom stereocenters. The molecule has 0 aliphatic carbocycles. The summed E-state index contributed by atoms with van der Waals surface area (Å²) in [6.45, 7) is 3.54. The van der Waals surface area contributed by atoms with Crippen molar-refractivity contribution in [2.24, 2.45) is 0 Å². The second-order valence-electron chi connectivity index (χ2n) is 7.95. The Bertz CT molecular complexity index is 1350. The van der Waals surface area contributed by atoms with Crippen molar-refractivity contribution in [1.29, 1.82) is 0 Å². The summed E-state index contributed by atoms with van der Waals surface area (Å²) in [5.74, 6) is 0.154. The number of aryl methyl sites for hydroxylation is 1. The Morgan fingerprint density at radius 2 is 1.91 bits per heavy atom. The third-order valence-corrected chi connectivity index (χ3v) is 5.71. The smallest absolute Gasteiger partial charge is 0.343 e. The van der Waals surface area contributed by atoms with Crippen LogP contribution in [0.1, 0.15) is 41.0 Å². The molecule has 33 heavy (non-hydrogen) atoms. The fourth-order valence-corrected chi connectivity index (χ4v) is 4.25. The van der Waals surface area contributed by atoms with Crippen LogP contribution < -0.4 is 15.7 Å². The second kappa shape index (κ2) is 9.24. The molecule has 0 fully saturated rings. The molecule has 2 aromatic carbocycles. The van der Waals surface area contributed by atoms with Gasteiger partial charge in [-0.1, -0.05) is 30.3 Å². The minimum absolute atomic E-state index is 0.111. The van der Waals surface area contributed by atoms with E-state index >= 15 is 0 Å². The van der Waals surface area contributed by atoms with Crippen LogP contribution in [0, 0.1) is 6.92 Å². The number of carbonyl (C=O) groups is 1. The Hall–Kier alpha value is -4.00. The third-order valence-electron chi connectivity index (χ3n) is 5.71. The van der Waals surface area contributed by atoms with Gasteiger partial charge >= 0.3 is 5.63 Å². The van der Waals surface area contributed by atoms with Crippen LogP contribution in [-0.4, -0.2) is 29.7 Å². The molecule has 0 aliphatic heterocycles. The van der Waals surface area contributed by atoms with E-state index in [1.54, 1.807) is 14.0 Å². The van der Waals surface area contributed by atoms with Crippen molar-refractivity contribution >= 4 is 16.8 Å². The molecule has 170 valence electrons. The minimum atomic E-state index is -0.618. The molecule has 0 bridgehead atoms. The van der Waals surface area contributed by atoms with E-state index in [0.717, 1.165) is 27.7 Å². The molecule has 0 saturated carbocycles. The molecule has 0 saturated heterocycles. The maximum absolute atomic E-state index is 13.0. The van der Waals surface area contributed by atoms with Gasteiger partial charge in [0.25, 0.3) is 0 Å². The lowest BCUT2D eigenvalue weighted by Crippen LogP contribution is -2.23. The van der Waals surface area contributed by atoms with Crippen LogP contribution >= 0.6 is 0 Å². The van der Waals surface area contributed by atoms with E-state index in [1.165, 1.54) is 13.0 Å². The molecular weight excluding hydrogens is 420 g/mol. The van der Waals surface area contributed by atoms with E-state index in [4.69, 9.17) is 9.15 Å². The number of rotatable bonds is 7. The predicted octanol–water partition coefficient (Wildman–Crippen LogP) is 4.00. The monoisotopic (exact) mass is 446 g/mol. The molecule has 0 aliphatic rings. The highest BCUT2D eigenvalue weighted by molar-refractivity contribution is 5.85. The van der Waals surface area contributed by atoms with Crippen molar-refractivity contribution in [3.63, 3.8) is 0 Å². The van der Waals surface area contributed by atoms with Gasteiger partial charge in [0.1, 0.15) is 17.3 Å². The number of para-hydroxylation sites is 1. The van der Waals surface area contributed by atoms with E-state index < -0.39 is 11.5 Å². The number of carbonyl (C=O) groups excluding carboxylic acids is 1. The molecule has 2 heterocycles. The normalized spacial score (nSPS) is 12.0. The van der Waals surface area contributed by atoms with Gasteiger partial charge in [0.05, 0.1) is 18.6 Å². The van der Waals surface area contributed by atoms with E-state index in [2.05, 4.69) is 10.3 Å². The first-order valence-corrected chi connectivity index (χ1v) is 10.7. The largest absolute Gasteiger partial charge is 0.507 e. The van der Waals surface area contributed by atoms with Crippen molar-refractivity contribution in [3.8, 4) is 11.5 Å². The Kier molecular flexibility index (Phi) is 6.22. The van der Waals surface area contributed by atoms with Gasteiger partial charge in [0, 0.05) is 36.1 Å². The molecule has 4 aromatic rings. The van der Waals surface area contributed by atoms with Gasteiger partial charge in [0.15, 0.2) is 0 Å². The summed E-state index contributed by atoms with van der Waals surface area (Å²) >= 11 is 0. The standard InChI is InChI=1S/C26H26N2O5/c1-15-14-22(30)24(26(31)33-15)23(17-8-10-18(32-3)11-9-17)25-20(12-13-27-16(2)29)19-6-4-5-7-21(19)28-25/h4-11,14,23,28,30H,12-13H2,1-3H3,(H,27,29). The fraction of sp³-hybridized carbons (Fsp3) is 0.231. The summed E-state index contributed by atoms with van der Waals surface area (Å²) in [4.78, 5) is 27.9. The maximum atomic E-state index is 13.0. The van der Waals surface area contributed by atoms with Crippen molar-refractivity contribution in [1.82, 2.24) is 10.3 Å². The number of H-pyrrole nitrogens is 1. The van der Waals surface area contributed by atoms with Gasteiger partial charge in [0.2, 0.25) is 5.91 Å². The zero-order valence-electron chi connectivity index (χ0n) is 18.8. The highest BCUT2D eigenvalue weighted by atomic mass is 16.5. The van der Waals surface area contributed by atoms with Crippen molar-refractivity contribution in [2.75, 3.05) is 13.7 Å². The van der Waals surface area contributed by atoms with E-state index in [1.807, 2.05) is 48.5 Å². The number of aromatic nitrogens is 1. The van der Waals surface area contributed by atoms with Crippen molar-refractivity contribution < 1.29 is 19.1 Å². The number of methoxy groups -OCH3 is 1. The first kappa shape index (κ1) is 22.2. The van der Waals surface area contributed by atoms with E-state index in [9.17, 15) is 14.7 Å². The van der Waals surface area contributed by atoms with E-state index in [0.29, 0.717) is 24.5 Å². The number of hydrogen-bond acceptors (Lipinski definition) is 5. The SMILES string of the molecule is COc1ccc(C(c2[nH]c3ccccc3c2CCNC(C)=O)c2c(O)cc(C)oc2=O)cc1. The molecule has 1 unspecified atom stereocenters. The van der Waals surface area contributed by atoms with Crippen LogP contribution in [0.4, 0.5) is 0 Å². The molecule has 1 amide bonds. The second-order valence-corrected chi connectivity index (χ2v) is 7.95. The number of amides is 1. The Labute approximate surface area is 191 Å². The van der Waals surface area contributed by atoms with Gasteiger partial charge in [-0.2, -0.15) is 0 Å². The molecule has 2 aromatic heterocycles. The van der Waals surface area contributed by atoms with Crippen LogP contribution in [0.15, 0.2) is 63.8 Å². The molecule has 7 heteroatoms. The average Bonchev–Trinajstić information content (AvgIpc) is 3.14. The van der Waals surface area contributed by atoms with Crippen molar-refractivity contribution in [3.05, 3.63) is 93.2 Å². The Morgan fingerprint density at radius 3 is 2.58 bits per heavy atom. The number of ether oxygens (including phenoxy) is 1. The summed E-state index contributed by atoms with van der Waals surface area (Å²) in [5, 5.41) is 14.7. The van der Waals surface area contributed by atoms with Crippen LogP contribution in [0.2, 0.25) is 0 Å². The molecule has 4 rings (SSSR count). The van der Waals surface area contributed by atoms with Crippen LogP contribution in [0.5, 0.6) is 11.5 Å². The lowest BCUT2D eigenvalue weighted by molar-refractivity contribution is -0.118. The number of hydrogen-bond donors (Lipinski definition) is 3. The van der Waals surface area contributed by atoms with Crippen LogP contribution in [0.25, 0.3) is 10.9 Å². The van der Waals surface area contributed by atoms with Gasteiger partial charge in [-0.25, -0.2) is 4.79 Å². The number of aromatic amines is 1. The molecule has 3 N–H and O–H groups in total. The van der Waals surface area contributed by atoms with Gasteiger partial charge in [-0.05, 0) is 42.7 Å². The van der Waals surface area contributed by atoms with Gasteiger partial charge in [-0.3, -0.25) is 4.79 Å². The lowest BCUT2D eigenvalue weighted by Gasteiger charge is -2.20. The molecule has 7 nitrogen and oxygen atoms in total. The van der Waals surface area contributed by atoms with Gasteiger partial charge < -0.3 is 24.6 Å². The van der Waals surface area contributed by atoms with E-state index in [-0.39, 0.29) is 17.2 Å². The Balaban J connectivity index is 1.96. The number of aromatic hydroxyl groups is 1. The summed E-state index contributed by atoms with van der Waals surface area (Å²) in [5.41, 5.74) is 2.96. The molecule has 0 spiro atoms. The number of nitrogens with one attached hydrogen (secondary N) is 2. The fourth-order valence-electron chi connectivity index (χ4n) is 4.25. The Morgan fingerprint density at radius 1 is 1.18 bits per heavy atom. The average molecular weight is 447 g/mol. The zero-order chi connectivity index (χ0) is 23.5. The highest BCUT2D eigenvalue weighted by Crippen LogP contribution is 2.39. The topological polar surface area (TPSA) is 105 Å². The maximum Gasteiger partial charge on any atom is 0.343 e. The summed E-state index contributed by atoms with van der Waals surface area (Å²) < 4.78 is 10.7. The molecule has 0 radical (unpaired) electrons. The van der Waals surface area contributed by atoms with Gasteiger partial charge in [-0.15, -0.1) is 0 Å². The van der Waals surface area contributed by atoms with Crippen LogP contribution in [-0.2, 0) is 11.2 Å². The zero-order valence-corrected chi connectivity index (χ0v) is 18.8. The number of benzene rings is 2. The summed E-state index contributed by atoms with van der Waals surface area (Å²) in [6, 6.07) is 16.7. The quantitative estimate of drug-likeness (QED) is 0.398. The van der Waals surface area contributed by atoms with Crippen molar-refractivity contribution in [2.45, 2.75) is 26.2 Å².